The van der Waals surface area contributed by atoms with Crippen LogP contribution in [0.15, 0.2) is 41.1 Å². The molecule has 0 radical (unpaired) electrons. The number of halogens is 1. The first-order valence-corrected chi connectivity index (χ1v) is 8.61. The van der Waals surface area contributed by atoms with Crippen molar-refractivity contribution < 1.29 is 17.7 Å². The smallest absolute Gasteiger partial charge is 0.229 e. The third-order valence-electron chi connectivity index (χ3n) is 5.20. The van der Waals surface area contributed by atoms with E-state index in [2.05, 4.69) is 20.3 Å². The SMILES string of the molecule is [2H]C([2H])([2H])Nc1ncc(-c2nc3c(F)cccc3o2)c2cc(C3(C(N)=O)CC3)ncc12. The Morgan fingerprint density at radius 3 is 2.89 bits per heavy atom. The highest BCUT2D eigenvalue weighted by Crippen LogP contribution is 2.48. The van der Waals surface area contributed by atoms with Gasteiger partial charge in [-0.1, -0.05) is 6.07 Å². The number of carbonyl (C=O) groups excluding carboxylic acids is 1. The maximum absolute atomic E-state index is 14.1. The molecule has 0 saturated heterocycles. The zero-order valence-corrected chi connectivity index (χ0v) is 14.5. The first kappa shape index (κ1) is 13.6. The van der Waals surface area contributed by atoms with E-state index in [-0.39, 0.29) is 22.8 Å². The van der Waals surface area contributed by atoms with Crippen molar-refractivity contribution >= 4 is 33.6 Å². The standard InChI is InChI=1S/C20H16FN5O2/c1-23-17-11-8-24-15(20(5-6-20)19(22)27)7-10(11)12(9-25-17)18-26-16-13(21)3-2-4-14(16)28-18/h2-4,7-9H,5-6H2,1H3,(H2,22,27)(H,23,25)/i1D3. The zero-order valence-electron chi connectivity index (χ0n) is 17.5. The lowest BCUT2D eigenvalue weighted by atomic mass is 9.98. The highest BCUT2D eigenvalue weighted by Gasteiger charge is 2.51. The summed E-state index contributed by atoms with van der Waals surface area (Å²) < 4.78 is 42.3. The van der Waals surface area contributed by atoms with E-state index < -0.39 is 24.1 Å². The van der Waals surface area contributed by atoms with Gasteiger partial charge in [0.15, 0.2) is 11.4 Å². The monoisotopic (exact) mass is 380 g/mol. The molecular formula is C20H16FN5O2. The number of amides is 1. The van der Waals surface area contributed by atoms with Crippen molar-refractivity contribution in [1.82, 2.24) is 15.0 Å². The summed E-state index contributed by atoms with van der Waals surface area (Å²) in [6.45, 7) is -2.48. The van der Waals surface area contributed by atoms with Crippen molar-refractivity contribution in [2.45, 2.75) is 18.3 Å². The molecular weight excluding hydrogens is 361 g/mol. The van der Waals surface area contributed by atoms with Gasteiger partial charge in [-0.2, -0.15) is 0 Å². The topological polar surface area (TPSA) is 107 Å². The molecule has 5 rings (SSSR count). The molecule has 3 aromatic heterocycles. The predicted molar refractivity (Wildman–Crippen MR) is 102 cm³/mol. The molecule has 28 heavy (non-hydrogen) atoms. The van der Waals surface area contributed by atoms with E-state index in [0.29, 0.717) is 34.9 Å². The molecule has 8 heteroatoms. The molecule has 7 nitrogen and oxygen atoms in total. The Balaban J connectivity index is 1.76. The number of rotatable bonds is 4. The number of hydrogen-bond donors (Lipinski definition) is 2. The molecule has 1 aliphatic carbocycles. The largest absolute Gasteiger partial charge is 0.436 e. The highest BCUT2D eigenvalue weighted by molar-refractivity contribution is 6.01. The average molecular weight is 380 g/mol. The summed E-state index contributed by atoms with van der Waals surface area (Å²) in [5, 5.41) is 3.28. The van der Waals surface area contributed by atoms with E-state index in [1.807, 2.05) is 0 Å². The maximum atomic E-state index is 14.1. The normalized spacial score (nSPS) is 17.1. The molecule has 1 amide bonds. The van der Waals surface area contributed by atoms with E-state index in [1.54, 1.807) is 12.1 Å². The van der Waals surface area contributed by atoms with Gasteiger partial charge < -0.3 is 15.5 Å². The number of nitrogens with zero attached hydrogens (tertiary/aromatic N) is 3. The van der Waals surface area contributed by atoms with Gasteiger partial charge in [0.2, 0.25) is 11.8 Å². The van der Waals surface area contributed by atoms with Crippen molar-refractivity contribution in [3.05, 3.63) is 48.2 Å². The number of anilines is 1. The molecule has 1 fully saturated rings. The number of aromatic nitrogens is 3. The minimum absolute atomic E-state index is 0.0698. The number of fused-ring (bicyclic) bond motifs is 2. The fraction of sp³-hybridized carbons (Fsp3) is 0.200. The number of nitrogens with two attached hydrogens (primary N) is 1. The van der Waals surface area contributed by atoms with Crippen LogP contribution in [-0.2, 0) is 10.2 Å². The Bertz CT molecular complexity index is 1360. The van der Waals surface area contributed by atoms with Gasteiger partial charge in [0.05, 0.1) is 16.7 Å². The highest BCUT2D eigenvalue weighted by atomic mass is 19.1. The Labute approximate surface area is 163 Å². The first-order valence-electron chi connectivity index (χ1n) is 10.1. The summed E-state index contributed by atoms with van der Waals surface area (Å²) in [7, 11) is 0. The summed E-state index contributed by atoms with van der Waals surface area (Å²) in [6, 6.07) is 6.05. The number of nitrogens with one attached hydrogen (secondary N) is 1. The number of hydrogen-bond acceptors (Lipinski definition) is 6. The number of oxazole rings is 1. The van der Waals surface area contributed by atoms with Crippen LogP contribution in [0.1, 0.15) is 22.6 Å². The molecule has 0 aliphatic heterocycles. The van der Waals surface area contributed by atoms with Gasteiger partial charge >= 0.3 is 0 Å². The van der Waals surface area contributed by atoms with E-state index in [0.717, 1.165) is 0 Å². The van der Waals surface area contributed by atoms with Crippen LogP contribution < -0.4 is 11.1 Å². The number of carbonyl (C=O) groups is 1. The molecule has 1 aliphatic rings. The molecule has 0 bridgehead atoms. The number of para-hydroxylation sites is 1. The second-order valence-corrected chi connectivity index (χ2v) is 6.81. The van der Waals surface area contributed by atoms with Crippen molar-refractivity contribution in [2.75, 3.05) is 12.3 Å². The number of primary amides is 1. The van der Waals surface area contributed by atoms with Crippen molar-refractivity contribution in [3.63, 3.8) is 0 Å². The van der Waals surface area contributed by atoms with E-state index >= 15 is 0 Å². The fourth-order valence-corrected chi connectivity index (χ4v) is 3.45. The second kappa shape index (κ2) is 5.72. The molecule has 3 heterocycles. The third-order valence-corrected chi connectivity index (χ3v) is 5.20. The quantitative estimate of drug-likeness (QED) is 0.563. The van der Waals surface area contributed by atoms with Crippen LogP contribution in [0.25, 0.3) is 33.3 Å². The van der Waals surface area contributed by atoms with E-state index in [9.17, 15) is 9.18 Å². The Morgan fingerprint density at radius 1 is 1.32 bits per heavy atom. The minimum atomic E-state index is -2.48. The Morgan fingerprint density at radius 2 is 2.18 bits per heavy atom. The molecule has 4 aromatic rings. The third kappa shape index (κ3) is 2.27. The summed E-state index contributed by atoms with van der Waals surface area (Å²) >= 11 is 0. The van der Waals surface area contributed by atoms with Gasteiger partial charge in [-0.15, -0.1) is 0 Å². The molecule has 140 valence electrons. The van der Waals surface area contributed by atoms with Crippen LogP contribution in [0.4, 0.5) is 10.2 Å². The average Bonchev–Trinajstić information content (AvgIpc) is 3.41. The summed E-state index contributed by atoms with van der Waals surface area (Å²) in [6.07, 6.45) is 4.00. The van der Waals surface area contributed by atoms with Gasteiger partial charge in [-0.05, 0) is 31.0 Å². The van der Waals surface area contributed by atoms with Gasteiger partial charge in [0.1, 0.15) is 11.3 Å². The van der Waals surface area contributed by atoms with Gasteiger partial charge in [0, 0.05) is 34.3 Å². The van der Waals surface area contributed by atoms with Crippen LogP contribution in [0, 0.1) is 5.82 Å². The first-order chi connectivity index (χ1) is 14.7. The lowest BCUT2D eigenvalue weighted by Crippen LogP contribution is -2.29. The maximum Gasteiger partial charge on any atom is 0.229 e. The van der Waals surface area contributed by atoms with E-state index in [1.165, 1.54) is 24.5 Å². The molecule has 3 N–H and O–H groups in total. The van der Waals surface area contributed by atoms with Crippen molar-refractivity contribution in [1.29, 1.82) is 0 Å². The second-order valence-electron chi connectivity index (χ2n) is 6.81. The van der Waals surface area contributed by atoms with Crippen LogP contribution in [-0.4, -0.2) is 27.8 Å². The minimum Gasteiger partial charge on any atom is -0.436 e. The molecule has 1 aromatic carbocycles. The summed E-state index contributed by atoms with van der Waals surface area (Å²) in [5.74, 6) is -0.804. The lowest BCUT2D eigenvalue weighted by Gasteiger charge is -2.13. The van der Waals surface area contributed by atoms with Crippen LogP contribution in [0.5, 0.6) is 0 Å². The summed E-state index contributed by atoms with van der Waals surface area (Å²) in [4.78, 5) is 24.8. The van der Waals surface area contributed by atoms with Crippen LogP contribution >= 0.6 is 0 Å². The molecule has 1 saturated carbocycles. The fourth-order valence-electron chi connectivity index (χ4n) is 3.45. The molecule has 0 unspecified atom stereocenters. The van der Waals surface area contributed by atoms with Crippen molar-refractivity contribution in [3.8, 4) is 11.5 Å². The van der Waals surface area contributed by atoms with Gasteiger partial charge in [-0.25, -0.2) is 14.4 Å². The summed E-state index contributed by atoms with van der Waals surface area (Å²) in [5.41, 5.74) is 5.95. The van der Waals surface area contributed by atoms with E-state index in [4.69, 9.17) is 14.3 Å². The Kier molecular flexibility index (Phi) is 2.78. The predicted octanol–water partition coefficient (Wildman–Crippen LogP) is 3.14. The molecule has 0 spiro atoms. The van der Waals surface area contributed by atoms with Crippen LogP contribution in [0.2, 0.25) is 0 Å². The number of benzene rings is 1. The number of pyridine rings is 2. The Hall–Kier alpha value is -3.55. The van der Waals surface area contributed by atoms with Gasteiger partial charge in [-0.3, -0.25) is 9.78 Å². The lowest BCUT2D eigenvalue weighted by molar-refractivity contribution is -0.120. The van der Waals surface area contributed by atoms with Crippen LogP contribution in [0.3, 0.4) is 0 Å². The zero-order chi connectivity index (χ0) is 22.0. The molecule has 0 atom stereocenters. The van der Waals surface area contributed by atoms with Crippen molar-refractivity contribution in [2.24, 2.45) is 5.73 Å². The van der Waals surface area contributed by atoms with Gasteiger partial charge in [0.25, 0.3) is 0 Å².